The number of benzene rings is 2. The summed E-state index contributed by atoms with van der Waals surface area (Å²) in [6, 6.07) is 16.3. The minimum Gasteiger partial charge on any atom is -0.481 e. The van der Waals surface area contributed by atoms with E-state index in [2.05, 4.69) is 25.3 Å². The number of aromatic nitrogens is 4. The first-order chi connectivity index (χ1) is 16.1. The average molecular weight is 444 g/mol. The molecule has 168 valence electrons. The molecule has 0 aliphatic heterocycles. The van der Waals surface area contributed by atoms with E-state index in [0.717, 1.165) is 53.5 Å². The maximum absolute atomic E-state index is 10.9. The third kappa shape index (κ3) is 5.11. The van der Waals surface area contributed by atoms with Gasteiger partial charge in [-0.15, -0.1) is 0 Å². The number of rotatable bonds is 7. The number of hydrogen-bond acceptors (Lipinski definition) is 6. The van der Waals surface area contributed by atoms with Crippen LogP contribution in [0.2, 0.25) is 0 Å². The molecule has 1 fully saturated rings. The highest BCUT2D eigenvalue weighted by atomic mass is 16.5. The summed E-state index contributed by atoms with van der Waals surface area (Å²) in [5.41, 5.74) is 4.75. The van der Waals surface area contributed by atoms with Crippen LogP contribution in [-0.4, -0.2) is 37.1 Å². The molecule has 0 spiro atoms. The zero-order valence-electron chi connectivity index (χ0n) is 18.1. The summed E-state index contributed by atoms with van der Waals surface area (Å²) in [6.07, 6.45) is 7.22. The van der Waals surface area contributed by atoms with Crippen molar-refractivity contribution in [1.82, 2.24) is 19.9 Å². The smallest absolute Gasteiger partial charge is 0.316 e. The van der Waals surface area contributed by atoms with Gasteiger partial charge in [0.1, 0.15) is 6.10 Å². The van der Waals surface area contributed by atoms with Gasteiger partial charge >= 0.3 is 12.0 Å². The normalized spacial score (nSPS) is 18.2. The molecule has 2 aromatic carbocycles. The molecular weight excluding hydrogens is 418 g/mol. The van der Waals surface area contributed by atoms with Gasteiger partial charge < -0.3 is 20.1 Å². The van der Waals surface area contributed by atoms with Crippen molar-refractivity contribution in [1.29, 1.82) is 0 Å². The molecule has 0 bridgehead atoms. The number of para-hydroxylation sites is 2. The lowest BCUT2D eigenvalue weighted by atomic mass is 9.85. The van der Waals surface area contributed by atoms with E-state index in [-0.39, 0.29) is 18.4 Å². The molecule has 0 amide bonds. The summed E-state index contributed by atoms with van der Waals surface area (Å²) in [6.45, 7) is 0. The van der Waals surface area contributed by atoms with Crippen LogP contribution in [-0.2, 0) is 4.79 Å². The van der Waals surface area contributed by atoms with Crippen molar-refractivity contribution in [2.45, 2.75) is 38.2 Å². The fraction of sp³-hybridized carbons (Fsp3) is 0.280. The van der Waals surface area contributed by atoms with E-state index in [1.165, 1.54) is 0 Å². The Morgan fingerprint density at radius 1 is 1.00 bits per heavy atom. The fourth-order valence-electron chi connectivity index (χ4n) is 4.27. The average Bonchev–Trinajstić information content (AvgIpc) is 3.23. The van der Waals surface area contributed by atoms with E-state index < -0.39 is 5.97 Å². The molecular formula is C25H25N5O3. The Labute approximate surface area is 191 Å². The highest BCUT2D eigenvalue weighted by Gasteiger charge is 2.24. The number of carboxylic acids is 1. The number of nitrogens with zero attached hydrogens (tertiary/aromatic N) is 3. The van der Waals surface area contributed by atoms with Crippen molar-refractivity contribution in [3.05, 3.63) is 60.9 Å². The van der Waals surface area contributed by atoms with Crippen molar-refractivity contribution in [3.63, 3.8) is 0 Å². The molecule has 1 aliphatic rings. The van der Waals surface area contributed by atoms with Gasteiger partial charge in [-0.3, -0.25) is 4.79 Å². The quantitative estimate of drug-likeness (QED) is 0.361. The van der Waals surface area contributed by atoms with Crippen LogP contribution in [0.25, 0.3) is 22.2 Å². The first-order valence-electron chi connectivity index (χ1n) is 11.1. The summed E-state index contributed by atoms with van der Waals surface area (Å²) in [4.78, 5) is 27.4. The maximum atomic E-state index is 10.9. The second-order valence-corrected chi connectivity index (χ2v) is 8.42. The zero-order chi connectivity index (χ0) is 22.6. The van der Waals surface area contributed by atoms with Crippen LogP contribution in [0.15, 0.2) is 60.9 Å². The molecule has 0 saturated heterocycles. The third-order valence-corrected chi connectivity index (χ3v) is 6.03. The number of carbonyl (C=O) groups is 1. The van der Waals surface area contributed by atoms with Crippen molar-refractivity contribution < 1.29 is 14.6 Å². The Morgan fingerprint density at radius 3 is 2.42 bits per heavy atom. The molecule has 8 heteroatoms. The molecule has 2 aromatic heterocycles. The summed E-state index contributed by atoms with van der Waals surface area (Å²) in [7, 11) is 0. The number of fused-ring (bicyclic) bond motifs is 1. The van der Waals surface area contributed by atoms with E-state index >= 15 is 0 Å². The first kappa shape index (κ1) is 20.9. The number of aromatic amines is 1. The molecule has 4 aromatic rings. The van der Waals surface area contributed by atoms with Gasteiger partial charge in [-0.25, -0.2) is 15.0 Å². The lowest BCUT2D eigenvalue weighted by Crippen LogP contribution is -2.25. The molecule has 0 unspecified atom stereocenters. The molecule has 2 heterocycles. The highest BCUT2D eigenvalue weighted by Crippen LogP contribution is 2.29. The second-order valence-electron chi connectivity index (χ2n) is 8.42. The standard InChI is InChI=1S/C25H25N5O3/c31-23(32)13-16-5-11-20(12-6-16)33-25-26-14-18(15-27-25)17-7-9-19(10-8-17)28-24-29-21-3-1-2-4-22(21)30-24/h1-4,7-10,14-16,20H,5-6,11-13H2,(H,31,32)(H2,28,29,30). The largest absolute Gasteiger partial charge is 0.481 e. The Bertz CT molecular complexity index is 1200. The van der Waals surface area contributed by atoms with Crippen molar-refractivity contribution in [2.24, 2.45) is 5.92 Å². The summed E-state index contributed by atoms with van der Waals surface area (Å²) in [5.74, 6) is 0.220. The minimum absolute atomic E-state index is 0.0458. The predicted octanol–water partition coefficient (Wildman–Crippen LogP) is 5.18. The van der Waals surface area contributed by atoms with Gasteiger partial charge in [-0.1, -0.05) is 24.3 Å². The van der Waals surface area contributed by atoms with Crippen molar-refractivity contribution in [2.75, 3.05) is 5.32 Å². The van der Waals surface area contributed by atoms with Gasteiger partial charge in [0.05, 0.1) is 11.0 Å². The van der Waals surface area contributed by atoms with E-state index in [0.29, 0.717) is 12.0 Å². The van der Waals surface area contributed by atoms with Gasteiger partial charge in [-0.2, -0.15) is 0 Å². The van der Waals surface area contributed by atoms with Crippen molar-refractivity contribution >= 4 is 28.6 Å². The molecule has 5 rings (SSSR count). The van der Waals surface area contributed by atoms with Crippen LogP contribution in [0.1, 0.15) is 32.1 Å². The fourth-order valence-corrected chi connectivity index (χ4v) is 4.27. The van der Waals surface area contributed by atoms with Crippen molar-refractivity contribution in [3.8, 4) is 17.1 Å². The zero-order valence-corrected chi connectivity index (χ0v) is 18.1. The molecule has 33 heavy (non-hydrogen) atoms. The summed E-state index contributed by atoms with van der Waals surface area (Å²) in [5, 5.41) is 12.2. The van der Waals surface area contributed by atoms with Gasteiger partial charge in [0.25, 0.3) is 0 Å². The molecule has 1 aliphatic carbocycles. The summed E-state index contributed by atoms with van der Waals surface area (Å²) >= 11 is 0. The Balaban J connectivity index is 1.17. The lowest BCUT2D eigenvalue weighted by Gasteiger charge is -2.27. The van der Waals surface area contributed by atoms with Gasteiger partial charge in [0.15, 0.2) is 0 Å². The van der Waals surface area contributed by atoms with Crippen LogP contribution in [0.4, 0.5) is 11.6 Å². The number of aliphatic carboxylic acids is 1. The van der Waals surface area contributed by atoms with E-state index in [4.69, 9.17) is 9.84 Å². The Morgan fingerprint density at radius 2 is 1.73 bits per heavy atom. The highest BCUT2D eigenvalue weighted by molar-refractivity contribution is 5.78. The lowest BCUT2D eigenvalue weighted by molar-refractivity contribution is -0.138. The van der Waals surface area contributed by atoms with Crippen LogP contribution < -0.4 is 10.1 Å². The molecule has 1 saturated carbocycles. The number of H-pyrrole nitrogens is 1. The topological polar surface area (TPSA) is 113 Å². The maximum Gasteiger partial charge on any atom is 0.316 e. The van der Waals surface area contributed by atoms with Crippen LogP contribution in [0.3, 0.4) is 0 Å². The molecule has 3 N–H and O–H groups in total. The summed E-state index contributed by atoms with van der Waals surface area (Å²) < 4.78 is 5.92. The van der Waals surface area contributed by atoms with Gasteiger partial charge in [0.2, 0.25) is 5.95 Å². The third-order valence-electron chi connectivity index (χ3n) is 6.03. The van der Waals surface area contributed by atoms with Gasteiger partial charge in [-0.05, 0) is 61.4 Å². The number of nitrogens with one attached hydrogen (secondary N) is 2. The molecule has 0 radical (unpaired) electrons. The minimum atomic E-state index is -0.725. The predicted molar refractivity (Wildman–Crippen MR) is 125 cm³/mol. The van der Waals surface area contributed by atoms with Gasteiger partial charge in [0, 0.05) is 30.1 Å². The first-order valence-corrected chi connectivity index (χ1v) is 11.1. The van der Waals surface area contributed by atoms with E-state index in [9.17, 15) is 4.79 Å². The Hall–Kier alpha value is -3.94. The van der Waals surface area contributed by atoms with E-state index in [1.54, 1.807) is 12.4 Å². The van der Waals surface area contributed by atoms with Crippen LogP contribution in [0.5, 0.6) is 6.01 Å². The molecule has 8 nitrogen and oxygen atoms in total. The number of hydrogen-bond donors (Lipinski definition) is 3. The number of ether oxygens (including phenoxy) is 1. The number of imidazole rings is 1. The monoisotopic (exact) mass is 443 g/mol. The number of carboxylic acid groups (broad SMARTS) is 1. The number of anilines is 2. The molecule has 0 atom stereocenters. The Kier molecular flexibility index (Phi) is 5.89. The van der Waals surface area contributed by atoms with Crippen LogP contribution in [0, 0.1) is 5.92 Å². The van der Waals surface area contributed by atoms with Crippen LogP contribution >= 0.6 is 0 Å². The SMILES string of the molecule is O=C(O)CC1CCC(Oc2ncc(-c3ccc(Nc4nc5ccccc5[nH]4)cc3)cn2)CC1. The second kappa shape index (κ2) is 9.28. The van der Waals surface area contributed by atoms with E-state index in [1.807, 2.05) is 48.5 Å².